The molecule has 2 fully saturated rings. The van der Waals surface area contributed by atoms with Crippen molar-refractivity contribution in [2.24, 2.45) is 5.92 Å². The summed E-state index contributed by atoms with van der Waals surface area (Å²) in [4.78, 5) is 46.0. The molecule has 202 valence electrons. The van der Waals surface area contributed by atoms with Gasteiger partial charge in [-0.25, -0.2) is 14.8 Å². The van der Waals surface area contributed by atoms with Gasteiger partial charge in [-0.2, -0.15) is 4.98 Å². The van der Waals surface area contributed by atoms with Gasteiger partial charge in [-0.15, -0.1) is 0 Å². The first-order valence-electron chi connectivity index (χ1n) is 12.9. The maximum Gasteiger partial charge on any atom is 0.407 e. The van der Waals surface area contributed by atoms with Crippen LogP contribution in [0.15, 0.2) is 36.8 Å². The average molecular weight is 541 g/mol. The summed E-state index contributed by atoms with van der Waals surface area (Å²) >= 11 is 6.48. The zero-order valence-electron chi connectivity index (χ0n) is 22.1. The molecule has 12 heteroatoms. The van der Waals surface area contributed by atoms with Crippen molar-refractivity contribution < 1.29 is 14.7 Å². The van der Waals surface area contributed by atoms with Crippen molar-refractivity contribution in [2.45, 2.75) is 39.3 Å². The minimum atomic E-state index is -0.920. The normalized spacial score (nSPS) is 18.6. The van der Waals surface area contributed by atoms with Gasteiger partial charge in [0.15, 0.2) is 5.82 Å². The molecule has 0 unspecified atom stereocenters. The lowest BCUT2D eigenvalue weighted by atomic mass is 9.92. The van der Waals surface area contributed by atoms with Crippen LogP contribution in [0.4, 0.5) is 16.6 Å². The first-order valence-corrected chi connectivity index (χ1v) is 13.3. The Kier molecular flexibility index (Phi) is 6.81. The maximum absolute atomic E-state index is 13.7. The molecule has 0 aromatic carbocycles. The highest BCUT2D eigenvalue weighted by Gasteiger charge is 2.42. The van der Waals surface area contributed by atoms with E-state index in [0.29, 0.717) is 56.1 Å². The van der Waals surface area contributed by atoms with E-state index in [1.54, 1.807) is 6.20 Å². The largest absolute Gasteiger partial charge is 0.465 e. The Balaban J connectivity index is 1.29. The smallest absolute Gasteiger partial charge is 0.407 e. The molecule has 5 heterocycles. The molecule has 0 aliphatic carbocycles. The summed E-state index contributed by atoms with van der Waals surface area (Å²) in [6, 6.07) is 5.79. The van der Waals surface area contributed by atoms with Crippen molar-refractivity contribution in [2.75, 3.05) is 49.1 Å². The van der Waals surface area contributed by atoms with Gasteiger partial charge in [-0.05, 0) is 39.8 Å². The van der Waals surface area contributed by atoms with Crippen molar-refractivity contribution in [3.8, 4) is 0 Å². The Labute approximate surface area is 226 Å². The average Bonchev–Trinajstić information content (AvgIpc) is 3.30. The van der Waals surface area contributed by atoms with E-state index in [0.717, 1.165) is 11.3 Å². The van der Waals surface area contributed by atoms with Gasteiger partial charge in [0.25, 0.3) is 0 Å². The number of halogens is 1. The second kappa shape index (κ2) is 9.94. The SMILES string of the molecule is CCN(C(=O)C1CN(c2nc(N3CCN(C(=O)O)C[C@@H]3C)ncc2Cl)C1)C(C)(C)c1cnc2ccccn12. The van der Waals surface area contributed by atoms with E-state index < -0.39 is 11.6 Å². The van der Waals surface area contributed by atoms with Crippen LogP contribution in [0.2, 0.25) is 5.02 Å². The number of piperazine rings is 1. The highest BCUT2D eigenvalue weighted by Crippen LogP contribution is 2.35. The summed E-state index contributed by atoms with van der Waals surface area (Å²) in [5, 5.41) is 9.73. The first-order chi connectivity index (χ1) is 18.1. The first kappa shape index (κ1) is 26.0. The molecule has 1 N–H and O–H groups in total. The highest BCUT2D eigenvalue weighted by atomic mass is 35.5. The molecule has 0 spiro atoms. The molecular weight excluding hydrogens is 508 g/mol. The van der Waals surface area contributed by atoms with E-state index in [9.17, 15) is 14.7 Å². The number of pyridine rings is 1. The van der Waals surface area contributed by atoms with Gasteiger partial charge in [0, 0.05) is 51.5 Å². The van der Waals surface area contributed by atoms with Gasteiger partial charge in [-0.3, -0.25) is 4.79 Å². The fourth-order valence-electron chi connectivity index (χ4n) is 5.52. The second-order valence-corrected chi connectivity index (χ2v) is 10.8. The molecule has 2 aliphatic heterocycles. The van der Waals surface area contributed by atoms with Crippen molar-refractivity contribution in [3.05, 3.63) is 47.5 Å². The van der Waals surface area contributed by atoms with E-state index in [1.807, 2.05) is 63.5 Å². The number of rotatable bonds is 6. The lowest BCUT2D eigenvalue weighted by Gasteiger charge is -2.45. The molecule has 0 saturated carbocycles. The Hall–Kier alpha value is -3.60. The summed E-state index contributed by atoms with van der Waals surface area (Å²) in [7, 11) is 0. The molecule has 2 amide bonds. The third kappa shape index (κ3) is 4.48. The molecular formula is C26H33ClN8O3. The van der Waals surface area contributed by atoms with Gasteiger partial charge < -0.3 is 29.1 Å². The van der Waals surface area contributed by atoms with Crippen molar-refractivity contribution in [1.29, 1.82) is 0 Å². The van der Waals surface area contributed by atoms with Crippen molar-refractivity contribution in [3.63, 3.8) is 0 Å². The number of carbonyl (C=O) groups is 2. The molecule has 0 radical (unpaired) electrons. The number of imidazole rings is 1. The third-order valence-corrected chi connectivity index (χ3v) is 7.97. The summed E-state index contributed by atoms with van der Waals surface area (Å²) in [5.41, 5.74) is 1.25. The number of aromatic nitrogens is 4. The fraction of sp³-hybridized carbons (Fsp3) is 0.500. The molecule has 1 atom stereocenters. The number of anilines is 2. The lowest BCUT2D eigenvalue weighted by Crippen LogP contribution is -2.58. The van der Waals surface area contributed by atoms with E-state index >= 15 is 0 Å². The molecule has 11 nitrogen and oxygen atoms in total. The zero-order valence-corrected chi connectivity index (χ0v) is 22.8. The lowest BCUT2D eigenvalue weighted by molar-refractivity contribution is -0.142. The van der Waals surface area contributed by atoms with Crippen LogP contribution in [0.3, 0.4) is 0 Å². The number of nitrogens with zero attached hydrogens (tertiary/aromatic N) is 8. The predicted octanol–water partition coefficient (Wildman–Crippen LogP) is 3.19. The molecule has 2 aliphatic rings. The van der Waals surface area contributed by atoms with Crippen LogP contribution in [0.25, 0.3) is 5.65 Å². The monoisotopic (exact) mass is 540 g/mol. The van der Waals surface area contributed by atoms with Gasteiger partial charge in [0.1, 0.15) is 10.7 Å². The third-order valence-electron chi connectivity index (χ3n) is 7.70. The Morgan fingerprint density at radius 3 is 2.61 bits per heavy atom. The van der Waals surface area contributed by atoms with Gasteiger partial charge >= 0.3 is 6.09 Å². The van der Waals surface area contributed by atoms with E-state index in [2.05, 4.69) is 23.8 Å². The van der Waals surface area contributed by atoms with Gasteiger partial charge in [-0.1, -0.05) is 17.7 Å². The highest BCUT2D eigenvalue weighted by molar-refractivity contribution is 6.32. The van der Waals surface area contributed by atoms with Crippen LogP contribution in [0.5, 0.6) is 0 Å². The van der Waals surface area contributed by atoms with Crippen LogP contribution in [-0.4, -0.2) is 91.6 Å². The zero-order chi connectivity index (χ0) is 27.2. The number of amides is 2. The molecule has 2 saturated heterocycles. The minimum Gasteiger partial charge on any atom is -0.465 e. The summed E-state index contributed by atoms with van der Waals surface area (Å²) in [5.74, 6) is 1.02. The molecule has 38 heavy (non-hydrogen) atoms. The van der Waals surface area contributed by atoms with Crippen LogP contribution in [-0.2, 0) is 10.3 Å². The topological polar surface area (TPSA) is 110 Å². The summed E-state index contributed by atoms with van der Waals surface area (Å²) < 4.78 is 2.03. The van der Waals surface area contributed by atoms with Crippen molar-refractivity contribution >= 4 is 41.0 Å². The number of carboxylic acid groups (broad SMARTS) is 1. The Bertz CT molecular complexity index is 1360. The van der Waals surface area contributed by atoms with Crippen LogP contribution in [0, 0.1) is 5.92 Å². The quantitative estimate of drug-likeness (QED) is 0.507. The number of hydrogen-bond acceptors (Lipinski definition) is 7. The van der Waals surface area contributed by atoms with E-state index in [4.69, 9.17) is 16.6 Å². The molecule has 3 aromatic heterocycles. The minimum absolute atomic E-state index is 0.0698. The number of hydrogen-bond donors (Lipinski definition) is 1. The molecule has 0 bridgehead atoms. The number of carbonyl (C=O) groups excluding carboxylic acids is 1. The van der Waals surface area contributed by atoms with Crippen LogP contribution in [0.1, 0.15) is 33.4 Å². The fourth-order valence-corrected chi connectivity index (χ4v) is 5.73. The summed E-state index contributed by atoms with van der Waals surface area (Å²) in [6.07, 6.45) is 4.48. The standard InChI is InChI=1S/C26H33ClN8O3/c1-5-35(26(3,4)20-13-28-21-8-6-7-9-34(20)21)23(36)18-15-32(16-18)22-19(27)12-29-24(30-22)33-11-10-31(25(37)38)14-17(33)2/h6-9,12-13,17-18H,5,10-11,14-16H2,1-4H3,(H,37,38)/t17-/m0/s1. The van der Waals surface area contributed by atoms with Crippen LogP contribution < -0.4 is 9.80 Å². The number of fused-ring (bicyclic) bond motifs is 1. The van der Waals surface area contributed by atoms with Crippen molar-refractivity contribution in [1.82, 2.24) is 29.2 Å². The van der Waals surface area contributed by atoms with Gasteiger partial charge in [0.2, 0.25) is 11.9 Å². The van der Waals surface area contributed by atoms with E-state index in [1.165, 1.54) is 4.90 Å². The maximum atomic E-state index is 13.7. The predicted molar refractivity (Wildman–Crippen MR) is 145 cm³/mol. The van der Waals surface area contributed by atoms with E-state index in [-0.39, 0.29) is 17.9 Å². The summed E-state index contributed by atoms with van der Waals surface area (Å²) in [6.45, 7) is 10.9. The molecule has 5 rings (SSSR count). The van der Waals surface area contributed by atoms with Gasteiger partial charge in [0.05, 0.1) is 29.5 Å². The second-order valence-electron chi connectivity index (χ2n) is 10.4. The molecule has 3 aromatic rings. The Morgan fingerprint density at radius 1 is 1.16 bits per heavy atom. The van der Waals surface area contributed by atoms with Crippen LogP contribution >= 0.6 is 11.6 Å². The Morgan fingerprint density at radius 2 is 1.92 bits per heavy atom.